The Morgan fingerprint density at radius 3 is 2.28 bits per heavy atom. The first kappa shape index (κ1) is 14.8. The van der Waals surface area contributed by atoms with Gasteiger partial charge in [-0.3, -0.25) is 0 Å². The second-order valence-corrected chi connectivity index (χ2v) is 9.45. The highest BCUT2D eigenvalue weighted by atomic mass is 28.4. The van der Waals surface area contributed by atoms with Crippen molar-refractivity contribution in [2.75, 3.05) is 20.8 Å². The van der Waals surface area contributed by atoms with Crippen LogP contribution in [0.2, 0.25) is 19.6 Å². The van der Waals surface area contributed by atoms with E-state index in [1.54, 1.807) is 14.2 Å². The number of ether oxygens (including phenoxy) is 2. The van der Waals surface area contributed by atoms with E-state index in [9.17, 15) is 0 Å². The van der Waals surface area contributed by atoms with Crippen LogP contribution < -0.4 is 9.47 Å². The van der Waals surface area contributed by atoms with Crippen LogP contribution in [-0.2, 0) is 4.43 Å². The fourth-order valence-electron chi connectivity index (χ4n) is 1.44. The second kappa shape index (κ2) is 6.61. The van der Waals surface area contributed by atoms with E-state index in [0.29, 0.717) is 6.61 Å². The lowest BCUT2D eigenvalue weighted by atomic mass is 10.2. The van der Waals surface area contributed by atoms with Crippen LogP contribution >= 0.6 is 0 Å². The summed E-state index contributed by atoms with van der Waals surface area (Å²) < 4.78 is 16.2. The Hall–Kier alpha value is -1.26. The summed E-state index contributed by atoms with van der Waals surface area (Å²) in [6.45, 7) is 7.19. The second-order valence-electron chi connectivity index (χ2n) is 4.94. The molecule has 0 heterocycles. The molecular weight excluding hydrogens is 244 g/mol. The third-order valence-electron chi connectivity index (χ3n) is 2.33. The van der Waals surface area contributed by atoms with Crippen molar-refractivity contribution in [2.45, 2.75) is 19.6 Å². The van der Waals surface area contributed by atoms with Crippen molar-refractivity contribution in [3.05, 3.63) is 29.8 Å². The average Bonchev–Trinajstić information content (AvgIpc) is 2.33. The van der Waals surface area contributed by atoms with Gasteiger partial charge in [0.1, 0.15) is 0 Å². The molecule has 100 valence electrons. The molecule has 0 amide bonds. The minimum Gasteiger partial charge on any atom is -0.493 e. The molecule has 3 nitrogen and oxygen atoms in total. The number of rotatable bonds is 6. The SMILES string of the molecule is COc1ccc(/C=C/CO[Si](C)(C)C)cc1OC. The van der Waals surface area contributed by atoms with Crippen LogP contribution in [-0.4, -0.2) is 29.1 Å². The van der Waals surface area contributed by atoms with E-state index >= 15 is 0 Å². The number of hydrogen-bond acceptors (Lipinski definition) is 3. The fraction of sp³-hybridized carbons (Fsp3) is 0.429. The molecule has 0 aliphatic carbocycles. The molecule has 0 aliphatic rings. The minimum atomic E-state index is -1.42. The summed E-state index contributed by atoms with van der Waals surface area (Å²) in [4.78, 5) is 0. The monoisotopic (exact) mass is 266 g/mol. The van der Waals surface area contributed by atoms with Crippen molar-refractivity contribution in [2.24, 2.45) is 0 Å². The van der Waals surface area contributed by atoms with Crippen LogP contribution in [0.4, 0.5) is 0 Å². The Balaban J connectivity index is 2.65. The lowest BCUT2D eigenvalue weighted by Gasteiger charge is -2.15. The van der Waals surface area contributed by atoms with Gasteiger partial charge in [0.2, 0.25) is 0 Å². The van der Waals surface area contributed by atoms with E-state index < -0.39 is 8.32 Å². The summed E-state index contributed by atoms with van der Waals surface area (Å²) in [5, 5.41) is 0. The van der Waals surface area contributed by atoms with Gasteiger partial charge in [-0.15, -0.1) is 0 Å². The Morgan fingerprint density at radius 1 is 1.06 bits per heavy atom. The molecule has 0 spiro atoms. The molecule has 0 aromatic heterocycles. The zero-order valence-corrected chi connectivity index (χ0v) is 12.8. The molecule has 4 heteroatoms. The topological polar surface area (TPSA) is 27.7 Å². The Labute approximate surface area is 111 Å². The van der Waals surface area contributed by atoms with Crippen molar-refractivity contribution in [3.8, 4) is 11.5 Å². The van der Waals surface area contributed by atoms with E-state index in [1.807, 2.05) is 30.4 Å². The standard InChI is InChI=1S/C14H22O3Si/c1-15-13-9-8-12(11-14(13)16-2)7-6-10-17-18(3,4)5/h6-9,11H,10H2,1-5H3/b7-6+. The molecule has 1 rings (SSSR count). The first-order valence-electron chi connectivity index (χ1n) is 5.99. The smallest absolute Gasteiger partial charge is 0.184 e. The molecule has 1 aromatic rings. The molecule has 0 radical (unpaired) electrons. The summed E-state index contributed by atoms with van der Waals surface area (Å²) >= 11 is 0. The Bertz CT molecular complexity index is 408. The van der Waals surface area contributed by atoms with E-state index in [0.717, 1.165) is 17.1 Å². The van der Waals surface area contributed by atoms with Gasteiger partial charge in [-0.05, 0) is 37.3 Å². The van der Waals surface area contributed by atoms with Gasteiger partial charge in [0.15, 0.2) is 19.8 Å². The maximum atomic E-state index is 5.75. The van der Waals surface area contributed by atoms with E-state index in [2.05, 4.69) is 19.6 Å². The molecule has 0 N–H and O–H groups in total. The normalized spacial score (nSPS) is 11.8. The van der Waals surface area contributed by atoms with Crippen molar-refractivity contribution in [1.29, 1.82) is 0 Å². The molecule has 0 atom stereocenters. The zero-order valence-electron chi connectivity index (χ0n) is 11.8. The van der Waals surface area contributed by atoms with Crippen molar-refractivity contribution in [3.63, 3.8) is 0 Å². The van der Waals surface area contributed by atoms with E-state index in [1.165, 1.54) is 0 Å². The average molecular weight is 266 g/mol. The van der Waals surface area contributed by atoms with Crippen LogP contribution in [0.5, 0.6) is 11.5 Å². The molecule has 0 saturated heterocycles. The van der Waals surface area contributed by atoms with Crippen molar-refractivity contribution >= 4 is 14.4 Å². The van der Waals surface area contributed by atoms with Gasteiger partial charge in [-0.1, -0.05) is 18.2 Å². The highest BCUT2D eigenvalue weighted by molar-refractivity contribution is 6.69. The highest BCUT2D eigenvalue weighted by Gasteiger charge is 2.12. The predicted octanol–water partition coefficient (Wildman–Crippen LogP) is 3.57. The molecular formula is C14H22O3Si. The largest absolute Gasteiger partial charge is 0.493 e. The van der Waals surface area contributed by atoms with Gasteiger partial charge in [0.25, 0.3) is 0 Å². The van der Waals surface area contributed by atoms with Crippen molar-refractivity contribution < 1.29 is 13.9 Å². The highest BCUT2D eigenvalue weighted by Crippen LogP contribution is 2.27. The lowest BCUT2D eigenvalue weighted by molar-refractivity contribution is 0.355. The van der Waals surface area contributed by atoms with Crippen LogP contribution in [0.1, 0.15) is 5.56 Å². The van der Waals surface area contributed by atoms with Crippen LogP contribution in [0.25, 0.3) is 6.08 Å². The van der Waals surface area contributed by atoms with Crippen molar-refractivity contribution in [1.82, 2.24) is 0 Å². The van der Waals surface area contributed by atoms with Gasteiger partial charge in [-0.2, -0.15) is 0 Å². The maximum Gasteiger partial charge on any atom is 0.184 e. The summed E-state index contributed by atoms with van der Waals surface area (Å²) in [5.41, 5.74) is 1.08. The van der Waals surface area contributed by atoms with E-state index in [-0.39, 0.29) is 0 Å². The summed E-state index contributed by atoms with van der Waals surface area (Å²) in [6, 6.07) is 5.84. The zero-order chi connectivity index (χ0) is 13.6. The molecule has 0 bridgehead atoms. The van der Waals surface area contributed by atoms with Crippen LogP contribution in [0, 0.1) is 0 Å². The van der Waals surface area contributed by atoms with Gasteiger partial charge < -0.3 is 13.9 Å². The lowest BCUT2D eigenvalue weighted by Crippen LogP contribution is -2.25. The van der Waals surface area contributed by atoms with Crippen LogP contribution in [0.15, 0.2) is 24.3 Å². The van der Waals surface area contributed by atoms with Gasteiger partial charge in [0, 0.05) is 0 Å². The fourth-order valence-corrected chi connectivity index (χ4v) is 2.04. The Morgan fingerprint density at radius 2 is 1.72 bits per heavy atom. The number of benzene rings is 1. The van der Waals surface area contributed by atoms with E-state index in [4.69, 9.17) is 13.9 Å². The quantitative estimate of drug-likeness (QED) is 0.737. The molecule has 0 saturated carbocycles. The molecule has 1 aromatic carbocycles. The van der Waals surface area contributed by atoms with Gasteiger partial charge in [-0.25, -0.2) is 0 Å². The molecule has 18 heavy (non-hydrogen) atoms. The first-order chi connectivity index (χ1) is 8.46. The number of hydrogen-bond donors (Lipinski definition) is 0. The maximum absolute atomic E-state index is 5.75. The molecule has 0 aliphatic heterocycles. The van der Waals surface area contributed by atoms with Gasteiger partial charge >= 0.3 is 0 Å². The minimum absolute atomic E-state index is 0.657. The Kier molecular flexibility index (Phi) is 5.43. The summed E-state index contributed by atoms with van der Waals surface area (Å²) in [5.74, 6) is 1.48. The molecule has 0 unspecified atom stereocenters. The summed E-state index contributed by atoms with van der Waals surface area (Å²) in [6.07, 6.45) is 4.06. The predicted molar refractivity (Wildman–Crippen MR) is 77.9 cm³/mol. The third kappa shape index (κ3) is 4.94. The van der Waals surface area contributed by atoms with Gasteiger partial charge in [0.05, 0.1) is 20.8 Å². The summed E-state index contributed by atoms with van der Waals surface area (Å²) in [7, 11) is 1.85. The molecule has 0 fully saturated rings. The number of methoxy groups -OCH3 is 2. The third-order valence-corrected chi connectivity index (χ3v) is 3.36. The van der Waals surface area contributed by atoms with Crippen LogP contribution in [0.3, 0.4) is 0 Å². The first-order valence-corrected chi connectivity index (χ1v) is 9.39.